The number of hydrogen-bond acceptors (Lipinski definition) is 2. The maximum Gasteiger partial charge on any atom is 0.224 e. The van der Waals surface area contributed by atoms with E-state index in [0.717, 1.165) is 31.7 Å². The van der Waals surface area contributed by atoms with Crippen LogP contribution < -0.4 is 11.1 Å². The first-order valence-electron chi connectivity index (χ1n) is 7.54. The molecule has 116 valence electrons. The zero-order chi connectivity index (χ0) is 15.2. The summed E-state index contributed by atoms with van der Waals surface area (Å²) in [6.07, 6.45) is 5.53. The second kappa shape index (κ2) is 7.50. The predicted molar refractivity (Wildman–Crippen MR) is 77.6 cm³/mol. The lowest BCUT2D eigenvalue weighted by Gasteiger charge is -2.30. The Morgan fingerprint density at radius 2 is 2.00 bits per heavy atom. The van der Waals surface area contributed by atoms with Gasteiger partial charge in [0, 0.05) is 18.2 Å². The van der Waals surface area contributed by atoms with Gasteiger partial charge in [0.15, 0.2) is 11.6 Å². The van der Waals surface area contributed by atoms with Crippen molar-refractivity contribution in [2.75, 3.05) is 6.54 Å². The molecule has 0 bridgehead atoms. The number of nitrogens with one attached hydrogen (secondary N) is 1. The summed E-state index contributed by atoms with van der Waals surface area (Å²) in [6.45, 7) is 0.377. The van der Waals surface area contributed by atoms with Crippen LogP contribution in [-0.2, 0) is 11.2 Å². The number of halogens is 2. The monoisotopic (exact) mass is 296 g/mol. The molecule has 0 radical (unpaired) electrons. The molecule has 1 amide bonds. The average molecular weight is 296 g/mol. The van der Waals surface area contributed by atoms with E-state index < -0.39 is 11.6 Å². The van der Waals surface area contributed by atoms with E-state index >= 15 is 0 Å². The van der Waals surface area contributed by atoms with E-state index in [2.05, 4.69) is 5.32 Å². The summed E-state index contributed by atoms with van der Waals surface area (Å²) in [4.78, 5) is 12.0. The Labute approximate surface area is 123 Å². The van der Waals surface area contributed by atoms with Crippen molar-refractivity contribution in [3.05, 3.63) is 35.4 Å². The molecule has 3 nitrogen and oxygen atoms in total. The first-order chi connectivity index (χ1) is 10.1. The van der Waals surface area contributed by atoms with Gasteiger partial charge in [0.05, 0.1) is 6.42 Å². The number of carbonyl (C=O) groups excluding carboxylic acids is 1. The van der Waals surface area contributed by atoms with Crippen molar-refractivity contribution >= 4 is 5.91 Å². The Balaban J connectivity index is 1.94. The topological polar surface area (TPSA) is 55.1 Å². The fourth-order valence-electron chi connectivity index (χ4n) is 3.02. The fraction of sp³-hybridized carbons (Fsp3) is 0.562. The number of rotatable bonds is 5. The SMILES string of the molecule is NCC(NC(=O)Cc1cccc(F)c1F)C1CCCCC1. The summed E-state index contributed by atoms with van der Waals surface area (Å²) in [5, 5.41) is 2.88. The van der Waals surface area contributed by atoms with Crippen LogP contribution in [0.4, 0.5) is 8.78 Å². The van der Waals surface area contributed by atoms with Gasteiger partial charge in [0.1, 0.15) is 0 Å². The average Bonchev–Trinajstić information content (AvgIpc) is 2.50. The largest absolute Gasteiger partial charge is 0.352 e. The fourth-order valence-corrected chi connectivity index (χ4v) is 3.02. The van der Waals surface area contributed by atoms with E-state index in [1.165, 1.54) is 18.6 Å². The minimum atomic E-state index is -0.949. The molecule has 21 heavy (non-hydrogen) atoms. The van der Waals surface area contributed by atoms with E-state index in [0.29, 0.717) is 12.5 Å². The van der Waals surface area contributed by atoms with Crippen molar-refractivity contribution in [2.45, 2.75) is 44.6 Å². The van der Waals surface area contributed by atoms with Gasteiger partial charge < -0.3 is 11.1 Å². The highest BCUT2D eigenvalue weighted by atomic mass is 19.2. The van der Waals surface area contributed by atoms with Gasteiger partial charge in [-0.25, -0.2) is 8.78 Å². The standard InChI is InChI=1S/C16H22F2N2O/c17-13-8-4-7-12(16(13)18)9-15(21)20-14(10-19)11-5-2-1-3-6-11/h4,7-8,11,14H,1-3,5-6,9-10,19H2,(H,20,21). The molecule has 0 aromatic heterocycles. The van der Waals surface area contributed by atoms with E-state index in [1.54, 1.807) is 0 Å². The molecule has 0 saturated heterocycles. The molecule has 1 fully saturated rings. The van der Waals surface area contributed by atoms with Gasteiger partial charge in [-0.2, -0.15) is 0 Å². The highest BCUT2D eigenvalue weighted by Crippen LogP contribution is 2.26. The third-order valence-corrected chi connectivity index (χ3v) is 4.20. The Bertz CT molecular complexity index is 487. The molecule has 2 rings (SSSR count). The summed E-state index contributed by atoms with van der Waals surface area (Å²) in [7, 11) is 0. The van der Waals surface area contributed by atoms with Gasteiger partial charge >= 0.3 is 0 Å². The summed E-state index contributed by atoms with van der Waals surface area (Å²) >= 11 is 0. The lowest BCUT2D eigenvalue weighted by atomic mass is 9.84. The van der Waals surface area contributed by atoms with Crippen molar-refractivity contribution in [2.24, 2.45) is 11.7 Å². The minimum Gasteiger partial charge on any atom is -0.352 e. The van der Waals surface area contributed by atoms with Gasteiger partial charge in [-0.3, -0.25) is 4.79 Å². The summed E-state index contributed by atoms with van der Waals surface area (Å²) in [6, 6.07) is 3.80. The minimum absolute atomic E-state index is 0.0746. The third-order valence-electron chi connectivity index (χ3n) is 4.20. The number of carbonyl (C=O) groups is 1. The van der Waals surface area contributed by atoms with E-state index in [4.69, 9.17) is 5.73 Å². The summed E-state index contributed by atoms with van der Waals surface area (Å²) in [5.74, 6) is -1.79. The van der Waals surface area contributed by atoms with Crippen LogP contribution in [0, 0.1) is 17.6 Å². The zero-order valence-corrected chi connectivity index (χ0v) is 12.1. The van der Waals surface area contributed by atoms with Gasteiger partial charge in [0.2, 0.25) is 5.91 Å². The maximum absolute atomic E-state index is 13.6. The Kier molecular flexibility index (Phi) is 5.67. The molecule has 0 spiro atoms. The first kappa shape index (κ1) is 15.9. The molecule has 1 aromatic rings. The van der Waals surface area contributed by atoms with Gasteiger partial charge in [-0.15, -0.1) is 0 Å². The van der Waals surface area contributed by atoms with Crippen LogP contribution in [0.3, 0.4) is 0 Å². The Morgan fingerprint density at radius 3 is 2.67 bits per heavy atom. The molecule has 1 aliphatic carbocycles. The normalized spacial score (nSPS) is 17.5. The predicted octanol–water partition coefficient (Wildman–Crippen LogP) is 2.53. The van der Waals surface area contributed by atoms with Crippen LogP contribution in [-0.4, -0.2) is 18.5 Å². The lowest BCUT2D eigenvalue weighted by Crippen LogP contribution is -2.46. The van der Waals surface area contributed by atoms with Crippen molar-refractivity contribution < 1.29 is 13.6 Å². The highest BCUT2D eigenvalue weighted by Gasteiger charge is 2.24. The maximum atomic E-state index is 13.6. The van der Waals surface area contributed by atoms with E-state index in [9.17, 15) is 13.6 Å². The number of hydrogen-bond donors (Lipinski definition) is 2. The molecule has 5 heteroatoms. The molecular weight excluding hydrogens is 274 g/mol. The molecule has 0 heterocycles. The van der Waals surface area contributed by atoms with Crippen LogP contribution in [0.25, 0.3) is 0 Å². The van der Waals surface area contributed by atoms with Crippen LogP contribution >= 0.6 is 0 Å². The van der Waals surface area contributed by atoms with Crippen molar-refractivity contribution in [3.63, 3.8) is 0 Å². The van der Waals surface area contributed by atoms with Gasteiger partial charge in [0.25, 0.3) is 0 Å². The molecular formula is C16H22F2N2O. The zero-order valence-electron chi connectivity index (χ0n) is 12.1. The highest BCUT2D eigenvalue weighted by molar-refractivity contribution is 5.79. The Hall–Kier alpha value is -1.49. The molecule has 1 saturated carbocycles. The smallest absolute Gasteiger partial charge is 0.224 e. The molecule has 3 N–H and O–H groups in total. The van der Waals surface area contributed by atoms with Gasteiger partial charge in [-0.1, -0.05) is 31.4 Å². The number of nitrogens with two attached hydrogens (primary N) is 1. The van der Waals surface area contributed by atoms with Crippen LogP contribution in [0.2, 0.25) is 0 Å². The quantitative estimate of drug-likeness (QED) is 0.877. The van der Waals surface area contributed by atoms with E-state index in [1.807, 2.05) is 0 Å². The summed E-state index contributed by atoms with van der Waals surface area (Å²) in [5.41, 5.74) is 5.83. The Morgan fingerprint density at radius 1 is 1.29 bits per heavy atom. The third kappa shape index (κ3) is 4.24. The lowest BCUT2D eigenvalue weighted by molar-refractivity contribution is -0.121. The van der Waals surface area contributed by atoms with E-state index in [-0.39, 0.29) is 23.9 Å². The molecule has 1 aliphatic rings. The van der Waals surface area contributed by atoms with Crippen LogP contribution in [0.15, 0.2) is 18.2 Å². The van der Waals surface area contributed by atoms with Gasteiger partial charge in [-0.05, 0) is 24.8 Å². The van der Waals surface area contributed by atoms with Crippen LogP contribution in [0.1, 0.15) is 37.7 Å². The first-order valence-corrected chi connectivity index (χ1v) is 7.54. The second-order valence-corrected chi connectivity index (χ2v) is 5.70. The molecule has 1 atom stereocenters. The second-order valence-electron chi connectivity index (χ2n) is 5.70. The van der Waals surface area contributed by atoms with Crippen molar-refractivity contribution in [1.82, 2.24) is 5.32 Å². The van der Waals surface area contributed by atoms with Crippen molar-refractivity contribution in [1.29, 1.82) is 0 Å². The number of benzene rings is 1. The molecule has 1 aromatic carbocycles. The number of amides is 1. The summed E-state index contributed by atoms with van der Waals surface area (Å²) < 4.78 is 26.7. The molecule has 0 aliphatic heterocycles. The molecule has 1 unspecified atom stereocenters. The van der Waals surface area contributed by atoms with Crippen LogP contribution in [0.5, 0.6) is 0 Å². The van der Waals surface area contributed by atoms with Crippen molar-refractivity contribution in [3.8, 4) is 0 Å².